The third-order valence-electron chi connectivity index (χ3n) is 5.08. The van der Waals surface area contributed by atoms with Crippen LogP contribution < -0.4 is 5.32 Å². The summed E-state index contributed by atoms with van der Waals surface area (Å²) in [6, 6.07) is 13.0. The normalized spacial score (nSPS) is 13.3. The van der Waals surface area contributed by atoms with Gasteiger partial charge >= 0.3 is 0 Å². The fourth-order valence-corrected chi connectivity index (χ4v) is 3.60. The number of rotatable bonds is 5. The Bertz CT molecular complexity index is 1110. The van der Waals surface area contributed by atoms with Crippen LogP contribution in [0, 0.1) is 6.92 Å². The Morgan fingerprint density at radius 3 is 2.57 bits per heavy atom. The summed E-state index contributed by atoms with van der Waals surface area (Å²) in [5, 5.41) is 3.90. The zero-order valence-corrected chi connectivity index (χ0v) is 15.9. The molecule has 0 saturated carbocycles. The minimum atomic E-state index is -0.338. The maximum Gasteiger partial charge on any atom is 0.261 e. The van der Waals surface area contributed by atoms with Crippen molar-refractivity contribution in [2.24, 2.45) is 0 Å². The molecule has 6 heteroatoms. The van der Waals surface area contributed by atoms with Gasteiger partial charge < -0.3 is 9.88 Å². The van der Waals surface area contributed by atoms with E-state index in [9.17, 15) is 14.4 Å². The second-order valence-corrected chi connectivity index (χ2v) is 6.98. The second kappa shape index (κ2) is 6.96. The number of hydrogen-bond acceptors (Lipinski definition) is 3. The van der Waals surface area contributed by atoms with Crippen LogP contribution >= 0.6 is 0 Å². The van der Waals surface area contributed by atoms with E-state index in [1.165, 1.54) is 0 Å². The number of fused-ring (bicyclic) bond motifs is 2. The van der Waals surface area contributed by atoms with Crippen LogP contribution in [0.3, 0.4) is 0 Å². The van der Waals surface area contributed by atoms with Crippen LogP contribution in [0.1, 0.15) is 39.6 Å². The van der Waals surface area contributed by atoms with Gasteiger partial charge in [-0.25, -0.2) is 0 Å². The van der Waals surface area contributed by atoms with Crippen LogP contribution in [0.5, 0.6) is 0 Å². The minimum Gasteiger partial charge on any atom is -0.348 e. The quantitative estimate of drug-likeness (QED) is 0.693. The molecule has 142 valence electrons. The minimum absolute atomic E-state index is 0.0540. The average molecular weight is 375 g/mol. The molecule has 28 heavy (non-hydrogen) atoms. The summed E-state index contributed by atoms with van der Waals surface area (Å²) in [7, 11) is 0. The molecule has 0 spiro atoms. The Hall–Kier alpha value is -3.41. The van der Waals surface area contributed by atoms with Crippen molar-refractivity contribution in [3.05, 3.63) is 65.4 Å². The van der Waals surface area contributed by atoms with Crippen LogP contribution in [0.15, 0.2) is 48.7 Å². The summed E-state index contributed by atoms with van der Waals surface area (Å²) < 4.78 is 2.13. The van der Waals surface area contributed by atoms with Crippen LogP contribution in [0.2, 0.25) is 0 Å². The Balaban J connectivity index is 1.41. The van der Waals surface area contributed by atoms with E-state index in [2.05, 4.69) is 16.8 Å². The van der Waals surface area contributed by atoms with E-state index in [-0.39, 0.29) is 30.7 Å². The molecule has 1 aromatic heterocycles. The molecular weight excluding hydrogens is 354 g/mol. The summed E-state index contributed by atoms with van der Waals surface area (Å²) in [5.74, 6) is -0.907. The number of anilines is 1. The second-order valence-electron chi connectivity index (χ2n) is 6.98. The summed E-state index contributed by atoms with van der Waals surface area (Å²) in [5.41, 5.74) is 3.55. The molecule has 3 aromatic rings. The standard InChI is InChI=1S/C22H21N3O3/c1-3-24-10-8-15-13-16(5-7-19(15)24)23-20(26)9-11-25-21(27)17-6-4-14(2)12-18(17)22(25)28/h4-8,10,12-13H,3,9,11H2,1-2H3,(H,23,26). The predicted molar refractivity (Wildman–Crippen MR) is 107 cm³/mol. The fourth-order valence-electron chi connectivity index (χ4n) is 3.60. The van der Waals surface area contributed by atoms with Gasteiger partial charge in [-0.15, -0.1) is 0 Å². The highest BCUT2D eigenvalue weighted by molar-refractivity contribution is 6.21. The molecule has 2 aromatic carbocycles. The van der Waals surface area contributed by atoms with Gasteiger partial charge in [0.1, 0.15) is 0 Å². The zero-order chi connectivity index (χ0) is 19.8. The van der Waals surface area contributed by atoms with Crippen molar-refractivity contribution in [3.8, 4) is 0 Å². The Morgan fingerprint density at radius 2 is 1.79 bits per heavy atom. The number of nitrogens with one attached hydrogen (secondary N) is 1. The first-order chi connectivity index (χ1) is 13.5. The maximum absolute atomic E-state index is 12.5. The van der Waals surface area contributed by atoms with Gasteiger partial charge in [0.15, 0.2) is 0 Å². The van der Waals surface area contributed by atoms with Gasteiger partial charge in [0.05, 0.1) is 11.1 Å². The third kappa shape index (κ3) is 3.07. The lowest BCUT2D eigenvalue weighted by atomic mass is 10.1. The van der Waals surface area contributed by atoms with E-state index in [1.54, 1.807) is 12.1 Å². The highest BCUT2D eigenvalue weighted by Crippen LogP contribution is 2.24. The van der Waals surface area contributed by atoms with Gasteiger partial charge in [-0.3, -0.25) is 19.3 Å². The van der Waals surface area contributed by atoms with Crippen LogP contribution in [-0.2, 0) is 11.3 Å². The summed E-state index contributed by atoms with van der Waals surface area (Å²) in [6.45, 7) is 4.90. The van der Waals surface area contributed by atoms with Crippen molar-refractivity contribution in [1.29, 1.82) is 0 Å². The Kier molecular flexibility index (Phi) is 4.47. The number of benzene rings is 2. The van der Waals surface area contributed by atoms with Crippen LogP contribution in [-0.4, -0.2) is 33.7 Å². The maximum atomic E-state index is 12.5. The van der Waals surface area contributed by atoms with Gasteiger partial charge in [0.2, 0.25) is 5.91 Å². The Morgan fingerprint density at radius 1 is 1.00 bits per heavy atom. The van der Waals surface area contributed by atoms with Crippen molar-refractivity contribution in [1.82, 2.24) is 9.47 Å². The highest BCUT2D eigenvalue weighted by atomic mass is 16.2. The summed E-state index contributed by atoms with van der Waals surface area (Å²) in [6.07, 6.45) is 2.07. The first-order valence-corrected chi connectivity index (χ1v) is 9.33. The monoisotopic (exact) mass is 375 g/mol. The largest absolute Gasteiger partial charge is 0.348 e. The molecule has 1 aliphatic rings. The first kappa shape index (κ1) is 18.0. The molecule has 0 aliphatic carbocycles. The van der Waals surface area contributed by atoms with Crippen molar-refractivity contribution in [2.45, 2.75) is 26.8 Å². The van der Waals surface area contributed by atoms with E-state index in [1.807, 2.05) is 43.5 Å². The van der Waals surface area contributed by atoms with Gasteiger partial charge in [0.25, 0.3) is 11.8 Å². The number of aromatic nitrogens is 1. The SMILES string of the molecule is CCn1ccc2cc(NC(=O)CCN3C(=O)c4ccc(C)cc4C3=O)ccc21. The molecule has 1 aliphatic heterocycles. The smallest absolute Gasteiger partial charge is 0.261 e. The van der Waals surface area contributed by atoms with E-state index in [4.69, 9.17) is 0 Å². The molecular formula is C22H21N3O3. The van der Waals surface area contributed by atoms with Crippen molar-refractivity contribution >= 4 is 34.3 Å². The number of carbonyl (C=O) groups is 3. The predicted octanol–water partition coefficient (Wildman–Crippen LogP) is 3.59. The molecule has 0 fully saturated rings. The van der Waals surface area contributed by atoms with Crippen LogP contribution in [0.25, 0.3) is 10.9 Å². The molecule has 0 unspecified atom stereocenters. The van der Waals surface area contributed by atoms with Crippen molar-refractivity contribution in [3.63, 3.8) is 0 Å². The first-order valence-electron chi connectivity index (χ1n) is 9.33. The number of amides is 3. The highest BCUT2D eigenvalue weighted by Gasteiger charge is 2.35. The van der Waals surface area contributed by atoms with E-state index in [0.717, 1.165) is 27.9 Å². The molecule has 3 amide bonds. The summed E-state index contributed by atoms with van der Waals surface area (Å²) in [4.78, 5) is 38.4. The van der Waals surface area contributed by atoms with Crippen molar-refractivity contribution in [2.75, 3.05) is 11.9 Å². The number of carbonyl (C=O) groups excluding carboxylic acids is 3. The van der Waals surface area contributed by atoms with Crippen molar-refractivity contribution < 1.29 is 14.4 Å². The molecule has 0 saturated heterocycles. The molecule has 1 N–H and O–H groups in total. The van der Waals surface area contributed by atoms with Gasteiger partial charge in [-0.1, -0.05) is 11.6 Å². The van der Waals surface area contributed by atoms with E-state index >= 15 is 0 Å². The molecule has 0 radical (unpaired) electrons. The topological polar surface area (TPSA) is 71.4 Å². The lowest BCUT2D eigenvalue weighted by molar-refractivity contribution is -0.116. The average Bonchev–Trinajstić information content (AvgIpc) is 3.19. The number of imide groups is 1. The number of nitrogens with zero attached hydrogens (tertiary/aromatic N) is 2. The zero-order valence-electron chi connectivity index (χ0n) is 15.9. The molecule has 6 nitrogen and oxygen atoms in total. The Labute approximate surface area is 162 Å². The fraction of sp³-hybridized carbons (Fsp3) is 0.227. The van der Waals surface area contributed by atoms with Gasteiger partial charge in [0, 0.05) is 42.3 Å². The lowest BCUT2D eigenvalue weighted by Gasteiger charge is -2.13. The van der Waals surface area contributed by atoms with Gasteiger partial charge in [-0.05, 0) is 50.2 Å². The van der Waals surface area contributed by atoms with Crippen LogP contribution in [0.4, 0.5) is 5.69 Å². The molecule has 4 rings (SSSR count). The molecule has 0 bridgehead atoms. The number of hydrogen-bond donors (Lipinski definition) is 1. The van der Waals surface area contributed by atoms with E-state index in [0.29, 0.717) is 16.8 Å². The molecule has 0 atom stereocenters. The lowest BCUT2D eigenvalue weighted by Crippen LogP contribution is -2.32. The van der Waals surface area contributed by atoms with E-state index < -0.39 is 0 Å². The summed E-state index contributed by atoms with van der Waals surface area (Å²) >= 11 is 0. The third-order valence-corrected chi connectivity index (χ3v) is 5.08. The number of aryl methyl sites for hydroxylation is 2. The molecule has 2 heterocycles. The van der Waals surface area contributed by atoms with Gasteiger partial charge in [-0.2, -0.15) is 0 Å².